The largest absolute Gasteiger partial charge is 0.484 e. The molecular weight excluding hydrogens is 432 g/mol. The summed E-state index contributed by atoms with van der Waals surface area (Å²) >= 11 is 3.36. The van der Waals surface area contributed by atoms with Crippen LogP contribution in [0.1, 0.15) is 25.7 Å². The van der Waals surface area contributed by atoms with Gasteiger partial charge in [0.1, 0.15) is 5.75 Å². The number of ether oxygens (including phenoxy) is 1. The smallest absolute Gasteiger partial charge is 0.262 e. The minimum absolute atomic E-state index is 0.0203. The molecule has 2 aromatic carbocycles. The molecule has 0 aliphatic heterocycles. The van der Waals surface area contributed by atoms with Gasteiger partial charge in [-0.3, -0.25) is 4.79 Å². The predicted molar refractivity (Wildman–Crippen MR) is 107 cm³/mol. The fourth-order valence-electron chi connectivity index (χ4n) is 2.94. The van der Waals surface area contributed by atoms with Gasteiger partial charge in [0, 0.05) is 10.5 Å². The second-order valence-electron chi connectivity index (χ2n) is 6.39. The van der Waals surface area contributed by atoms with E-state index in [0.717, 1.165) is 30.2 Å². The number of anilines is 1. The molecule has 0 radical (unpaired) electrons. The number of hydrogen-bond donors (Lipinski definition) is 2. The lowest BCUT2D eigenvalue weighted by molar-refractivity contribution is -0.118. The summed E-state index contributed by atoms with van der Waals surface area (Å²) in [5.74, 6) is 0.124. The molecule has 0 bridgehead atoms. The van der Waals surface area contributed by atoms with Gasteiger partial charge in [-0.25, -0.2) is 13.1 Å². The monoisotopic (exact) mass is 452 g/mol. The van der Waals surface area contributed by atoms with Crippen molar-refractivity contribution in [2.75, 3.05) is 11.9 Å². The van der Waals surface area contributed by atoms with Gasteiger partial charge in [0.05, 0.1) is 10.6 Å². The van der Waals surface area contributed by atoms with E-state index < -0.39 is 10.0 Å². The van der Waals surface area contributed by atoms with Crippen LogP contribution < -0.4 is 14.8 Å². The fourth-order valence-corrected chi connectivity index (χ4v) is 4.63. The van der Waals surface area contributed by atoms with Gasteiger partial charge in [0.25, 0.3) is 5.91 Å². The van der Waals surface area contributed by atoms with Crippen LogP contribution in [0.3, 0.4) is 0 Å². The van der Waals surface area contributed by atoms with E-state index in [2.05, 4.69) is 26.0 Å². The van der Waals surface area contributed by atoms with Gasteiger partial charge in [-0.1, -0.05) is 25.0 Å². The first-order chi connectivity index (χ1) is 12.9. The Morgan fingerprint density at radius 2 is 1.74 bits per heavy atom. The highest BCUT2D eigenvalue weighted by atomic mass is 79.9. The van der Waals surface area contributed by atoms with Crippen LogP contribution in [0, 0.1) is 0 Å². The van der Waals surface area contributed by atoms with Gasteiger partial charge in [0.2, 0.25) is 10.0 Å². The summed E-state index contributed by atoms with van der Waals surface area (Å²) in [6.45, 7) is -0.173. The Morgan fingerprint density at radius 3 is 2.41 bits per heavy atom. The first-order valence-electron chi connectivity index (χ1n) is 8.73. The van der Waals surface area contributed by atoms with E-state index in [1.54, 1.807) is 18.2 Å². The number of halogens is 1. The molecule has 1 aliphatic rings. The SMILES string of the molecule is O=C(COc1ccc(S(=O)(=O)NC2CCCC2)cc1)Nc1ccccc1Br. The van der Waals surface area contributed by atoms with Crippen molar-refractivity contribution in [3.05, 3.63) is 53.0 Å². The van der Waals surface area contributed by atoms with Crippen LogP contribution in [0.25, 0.3) is 0 Å². The number of para-hydroxylation sites is 1. The van der Waals surface area contributed by atoms with Crippen LogP contribution in [0.15, 0.2) is 57.9 Å². The quantitative estimate of drug-likeness (QED) is 0.670. The third kappa shape index (κ3) is 5.54. The van der Waals surface area contributed by atoms with Gasteiger partial charge in [0.15, 0.2) is 6.61 Å². The Labute approximate surface area is 167 Å². The fraction of sp³-hybridized carbons (Fsp3) is 0.316. The second kappa shape index (κ2) is 8.86. The molecule has 1 aliphatic carbocycles. The number of carbonyl (C=O) groups excluding carboxylic acids is 1. The predicted octanol–water partition coefficient (Wildman–Crippen LogP) is 3.69. The van der Waals surface area contributed by atoms with E-state index in [-0.39, 0.29) is 23.5 Å². The summed E-state index contributed by atoms with van der Waals surface area (Å²) in [6.07, 6.45) is 3.88. The molecule has 0 saturated heterocycles. The highest BCUT2D eigenvalue weighted by Crippen LogP contribution is 2.22. The maximum Gasteiger partial charge on any atom is 0.262 e. The van der Waals surface area contributed by atoms with Crippen molar-refractivity contribution in [1.82, 2.24) is 4.72 Å². The number of carbonyl (C=O) groups is 1. The standard InChI is InChI=1S/C19H21BrN2O4S/c20-17-7-3-4-8-18(17)21-19(23)13-26-15-9-11-16(12-10-15)27(24,25)22-14-5-1-2-6-14/h3-4,7-12,14,22H,1-2,5-6,13H2,(H,21,23). The molecule has 1 saturated carbocycles. The molecule has 0 spiro atoms. The maximum atomic E-state index is 12.4. The van der Waals surface area contributed by atoms with E-state index in [4.69, 9.17) is 4.74 Å². The van der Waals surface area contributed by atoms with Crippen molar-refractivity contribution in [2.24, 2.45) is 0 Å². The van der Waals surface area contributed by atoms with Crippen molar-refractivity contribution >= 4 is 37.5 Å². The summed E-state index contributed by atoms with van der Waals surface area (Å²) in [5.41, 5.74) is 0.658. The summed E-state index contributed by atoms with van der Waals surface area (Å²) in [7, 11) is -3.53. The van der Waals surface area contributed by atoms with Crippen LogP contribution in [0.4, 0.5) is 5.69 Å². The van der Waals surface area contributed by atoms with Gasteiger partial charge >= 0.3 is 0 Å². The molecule has 0 unspecified atom stereocenters. The molecule has 3 rings (SSSR count). The molecule has 1 amide bonds. The zero-order valence-electron chi connectivity index (χ0n) is 14.7. The van der Waals surface area contributed by atoms with E-state index in [9.17, 15) is 13.2 Å². The van der Waals surface area contributed by atoms with Crippen molar-refractivity contribution in [1.29, 1.82) is 0 Å². The zero-order chi connectivity index (χ0) is 19.3. The maximum absolute atomic E-state index is 12.4. The molecule has 2 aromatic rings. The minimum Gasteiger partial charge on any atom is -0.484 e. The van der Waals surface area contributed by atoms with E-state index in [0.29, 0.717) is 11.4 Å². The molecule has 0 heterocycles. The third-order valence-electron chi connectivity index (χ3n) is 4.33. The molecule has 27 heavy (non-hydrogen) atoms. The lowest BCUT2D eigenvalue weighted by Crippen LogP contribution is -2.32. The number of benzene rings is 2. The minimum atomic E-state index is -3.53. The number of hydrogen-bond acceptors (Lipinski definition) is 4. The molecule has 0 aromatic heterocycles. The van der Waals surface area contributed by atoms with Crippen molar-refractivity contribution in [3.8, 4) is 5.75 Å². The average Bonchev–Trinajstić information content (AvgIpc) is 3.14. The van der Waals surface area contributed by atoms with Crippen LogP contribution in [0.2, 0.25) is 0 Å². The van der Waals surface area contributed by atoms with Crippen LogP contribution in [-0.2, 0) is 14.8 Å². The molecule has 8 heteroatoms. The summed E-state index contributed by atoms with van der Waals surface area (Å²) in [4.78, 5) is 12.2. The average molecular weight is 453 g/mol. The third-order valence-corrected chi connectivity index (χ3v) is 6.56. The molecular formula is C19H21BrN2O4S. The van der Waals surface area contributed by atoms with Gasteiger partial charge in [-0.15, -0.1) is 0 Å². The Hall–Kier alpha value is -1.90. The Morgan fingerprint density at radius 1 is 1.07 bits per heavy atom. The van der Waals surface area contributed by atoms with Gasteiger partial charge in [-0.2, -0.15) is 0 Å². The highest BCUT2D eigenvalue weighted by Gasteiger charge is 2.22. The summed E-state index contributed by atoms with van der Waals surface area (Å²) in [5, 5.41) is 2.74. The molecule has 1 fully saturated rings. The van der Waals surface area contributed by atoms with Crippen LogP contribution >= 0.6 is 15.9 Å². The molecule has 2 N–H and O–H groups in total. The first-order valence-corrected chi connectivity index (χ1v) is 11.0. The molecule has 144 valence electrons. The number of sulfonamides is 1. The second-order valence-corrected chi connectivity index (χ2v) is 8.96. The zero-order valence-corrected chi connectivity index (χ0v) is 17.1. The van der Waals surface area contributed by atoms with Gasteiger partial charge < -0.3 is 10.1 Å². The number of nitrogens with one attached hydrogen (secondary N) is 2. The summed E-state index contributed by atoms with van der Waals surface area (Å²) in [6, 6.07) is 13.4. The Kier molecular flexibility index (Phi) is 6.51. The lowest BCUT2D eigenvalue weighted by atomic mass is 10.3. The molecule has 0 atom stereocenters. The van der Waals surface area contributed by atoms with Crippen molar-refractivity contribution in [2.45, 2.75) is 36.6 Å². The van der Waals surface area contributed by atoms with Gasteiger partial charge in [-0.05, 0) is 65.2 Å². The first kappa shape index (κ1) is 19.9. The van der Waals surface area contributed by atoms with E-state index >= 15 is 0 Å². The normalized spacial score (nSPS) is 14.9. The summed E-state index contributed by atoms with van der Waals surface area (Å²) < 4.78 is 33.7. The highest BCUT2D eigenvalue weighted by molar-refractivity contribution is 9.10. The van der Waals surface area contributed by atoms with Crippen LogP contribution in [-0.4, -0.2) is 27.0 Å². The number of rotatable bonds is 7. The van der Waals surface area contributed by atoms with Crippen LogP contribution in [0.5, 0.6) is 5.75 Å². The van der Waals surface area contributed by atoms with Crippen molar-refractivity contribution < 1.29 is 17.9 Å². The Bertz CT molecular complexity index is 894. The van der Waals surface area contributed by atoms with E-state index in [1.165, 1.54) is 12.1 Å². The van der Waals surface area contributed by atoms with Crippen molar-refractivity contribution in [3.63, 3.8) is 0 Å². The topological polar surface area (TPSA) is 84.5 Å². The Balaban J connectivity index is 1.54. The lowest BCUT2D eigenvalue weighted by Gasteiger charge is -2.13. The van der Waals surface area contributed by atoms with E-state index in [1.807, 2.05) is 18.2 Å². The molecule has 6 nitrogen and oxygen atoms in total. The number of amides is 1.